The van der Waals surface area contributed by atoms with Crippen molar-refractivity contribution in [2.24, 2.45) is 5.92 Å². The normalized spacial score (nSPS) is 16.2. The van der Waals surface area contributed by atoms with Gasteiger partial charge in [-0.2, -0.15) is 0 Å². The molecule has 0 aromatic heterocycles. The summed E-state index contributed by atoms with van der Waals surface area (Å²) < 4.78 is 0. The van der Waals surface area contributed by atoms with Crippen LogP contribution in [0.25, 0.3) is 0 Å². The number of aliphatic carboxylic acids is 1. The lowest BCUT2D eigenvalue weighted by molar-refractivity contribution is -0.144. The second-order valence-corrected chi connectivity index (χ2v) is 4.67. The van der Waals surface area contributed by atoms with Gasteiger partial charge < -0.3 is 10.2 Å². The van der Waals surface area contributed by atoms with Crippen LogP contribution in [0.15, 0.2) is 30.3 Å². The molecule has 94 valence electrons. The SMILES string of the molecule is CCCC(CC(C)(O)c1ccccc1)C(=O)O. The highest BCUT2D eigenvalue weighted by Gasteiger charge is 2.30. The Balaban J connectivity index is 2.80. The van der Waals surface area contributed by atoms with E-state index in [0.29, 0.717) is 6.42 Å². The highest BCUT2D eigenvalue weighted by molar-refractivity contribution is 5.70. The molecule has 2 N–H and O–H groups in total. The molecular weight excluding hydrogens is 216 g/mol. The number of carboxylic acids is 1. The highest BCUT2D eigenvalue weighted by atomic mass is 16.4. The van der Waals surface area contributed by atoms with Crippen LogP contribution in [0, 0.1) is 5.92 Å². The number of hydrogen-bond acceptors (Lipinski definition) is 2. The summed E-state index contributed by atoms with van der Waals surface area (Å²) >= 11 is 0. The van der Waals surface area contributed by atoms with Crippen molar-refractivity contribution in [3.8, 4) is 0 Å². The fourth-order valence-corrected chi connectivity index (χ4v) is 2.06. The van der Waals surface area contributed by atoms with Crippen molar-refractivity contribution in [2.75, 3.05) is 0 Å². The van der Waals surface area contributed by atoms with E-state index in [4.69, 9.17) is 5.11 Å². The third-order valence-corrected chi connectivity index (χ3v) is 3.03. The Morgan fingerprint density at radius 1 is 1.35 bits per heavy atom. The molecule has 0 bridgehead atoms. The molecule has 0 aliphatic rings. The van der Waals surface area contributed by atoms with Crippen LogP contribution in [0.4, 0.5) is 0 Å². The smallest absolute Gasteiger partial charge is 0.306 e. The van der Waals surface area contributed by atoms with Crippen LogP contribution in [0.1, 0.15) is 38.7 Å². The minimum Gasteiger partial charge on any atom is -0.481 e. The van der Waals surface area contributed by atoms with Crippen LogP contribution in [-0.4, -0.2) is 16.2 Å². The molecule has 3 nitrogen and oxygen atoms in total. The van der Waals surface area contributed by atoms with Gasteiger partial charge in [0.05, 0.1) is 11.5 Å². The molecule has 0 aliphatic carbocycles. The molecule has 0 aliphatic heterocycles. The summed E-state index contributed by atoms with van der Waals surface area (Å²) in [5.41, 5.74) is -0.318. The molecule has 1 aromatic rings. The van der Waals surface area contributed by atoms with E-state index in [0.717, 1.165) is 12.0 Å². The van der Waals surface area contributed by atoms with Gasteiger partial charge in [0.15, 0.2) is 0 Å². The zero-order valence-corrected chi connectivity index (χ0v) is 10.4. The largest absolute Gasteiger partial charge is 0.481 e. The Morgan fingerprint density at radius 2 is 1.94 bits per heavy atom. The molecule has 0 amide bonds. The quantitative estimate of drug-likeness (QED) is 0.798. The zero-order chi connectivity index (χ0) is 12.9. The monoisotopic (exact) mass is 236 g/mol. The van der Waals surface area contributed by atoms with Gasteiger partial charge >= 0.3 is 5.97 Å². The second-order valence-electron chi connectivity index (χ2n) is 4.67. The van der Waals surface area contributed by atoms with Crippen LogP contribution < -0.4 is 0 Å². The molecule has 1 rings (SSSR count). The van der Waals surface area contributed by atoms with Crippen LogP contribution in [0.5, 0.6) is 0 Å². The molecule has 0 saturated carbocycles. The maximum atomic E-state index is 11.1. The van der Waals surface area contributed by atoms with Gasteiger partial charge in [0.1, 0.15) is 0 Å². The third kappa shape index (κ3) is 3.86. The van der Waals surface area contributed by atoms with Crippen LogP contribution in [-0.2, 0) is 10.4 Å². The lowest BCUT2D eigenvalue weighted by atomic mass is 9.84. The standard InChI is InChI=1S/C14H20O3/c1-3-7-11(13(15)16)10-14(2,17)12-8-5-4-6-9-12/h4-6,8-9,11,17H,3,7,10H2,1-2H3,(H,15,16). The topological polar surface area (TPSA) is 57.5 Å². The van der Waals surface area contributed by atoms with Gasteiger partial charge in [0.25, 0.3) is 0 Å². The summed E-state index contributed by atoms with van der Waals surface area (Å²) in [5.74, 6) is -1.32. The van der Waals surface area contributed by atoms with E-state index in [-0.39, 0.29) is 6.42 Å². The molecule has 1 aromatic carbocycles. The minimum absolute atomic E-state index is 0.250. The van der Waals surface area contributed by atoms with E-state index >= 15 is 0 Å². The third-order valence-electron chi connectivity index (χ3n) is 3.03. The van der Waals surface area contributed by atoms with Gasteiger partial charge in [-0.1, -0.05) is 43.7 Å². The van der Waals surface area contributed by atoms with E-state index in [1.807, 2.05) is 37.3 Å². The van der Waals surface area contributed by atoms with Gasteiger partial charge in [-0.05, 0) is 25.3 Å². The number of carboxylic acid groups (broad SMARTS) is 1. The fourth-order valence-electron chi connectivity index (χ4n) is 2.06. The molecular formula is C14H20O3. The van der Waals surface area contributed by atoms with Crippen molar-refractivity contribution in [1.29, 1.82) is 0 Å². The molecule has 2 unspecified atom stereocenters. The number of aliphatic hydroxyl groups is 1. The van der Waals surface area contributed by atoms with Crippen molar-refractivity contribution in [3.63, 3.8) is 0 Å². The van der Waals surface area contributed by atoms with Crippen molar-refractivity contribution in [1.82, 2.24) is 0 Å². The maximum absolute atomic E-state index is 11.1. The summed E-state index contributed by atoms with van der Waals surface area (Å²) in [7, 11) is 0. The number of rotatable bonds is 6. The molecule has 0 spiro atoms. The Kier molecular flexibility index (Phi) is 4.70. The predicted octanol–water partition coefficient (Wildman–Crippen LogP) is 2.79. The summed E-state index contributed by atoms with van der Waals surface area (Å²) in [5, 5.41) is 19.5. The Hall–Kier alpha value is -1.35. The number of benzene rings is 1. The van der Waals surface area contributed by atoms with E-state index in [2.05, 4.69) is 0 Å². The van der Waals surface area contributed by atoms with E-state index in [9.17, 15) is 9.90 Å². The molecule has 0 heterocycles. The minimum atomic E-state index is -1.08. The number of carbonyl (C=O) groups is 1. The van der Waals surface area contributed by atoms with E-state index in [1.54, 1.807) is 6.92 Å². The van der Waals surface area contributed by atoms with Crippen LogP contribution in [0.2, 0.25) is 0 Å². The Labute approximate surface area is 102 Å². The molecule has 17 heavy (non-hydrogen) atoms. The zero-order valence-electron chi connectivity index (χ0n) is 10.4. The summed E-state index contributed by atoms with van der Waals surface area (Å²) in [6, 6.07) is 9.22. The first kappa shape index (κ1) is 13.7. The molecule has 0 radical (unpaired) electrons. The van der Waals surface area contributed by atoms with E-state index in [1.165, 1.54) is 0 Å². The highest BCUT2D eigenvalue weighted by Crippen LogP contribution is 2.30. The van der Waals surface area contributed by atoms with Crippen molar-refractivity contribution < 1.29 is 15.0 Å². The lowest BCUT2D eigenvalue weighted by Gasteiger charge is -2.27. The van der Waals surface area contributed by atoms with Gasteiger partial charge in [0.2, 0.25) is 0 Å². The average molecular weight is 236 g/mol. The summed E-state index contributed by atoms with van der Waals surface area (Å²) in [6.07, 6.45) is 1.65. The Morgan fingerprint density at radius 3 is 2.41 bits per heavy atom. The molecule has 2 atom stereocenters. The van der Waals surface area contributed by atoms with Crippen LogP contribution in [0.3, 0.4) is 0 Å². The summed E-state index contributed by atoms with van der Waals surface area (Å²) in [6.45, 7) is 3.63. The maximum Gasteiger partial charge on any atom is 0.306 e. The first-order valence-electron chi connectivity index (χ1n) is 5.98. The predicted molar refractivity (Wildman–Crippen MR) is 66.7 cm³/mol. The van der Waals surface area contributed by atoms with Crippen molar-refractivity contribution in [3.05, 3.63) is 35.9 Å². The molecule has 3 heteroatoms. The molecule has 0 saturated heterocycles. The first-order valence-corrected chi connectivity index (χ1v) is 5.98. The fraction of sp³-hybridized carbons (Fsp3) is 0.500. The number of hydrogen-bond donors (Lipinski definition) is 2. The van der Waals surface area contributed by atoms with Gasteiger partial charge in [-0.25, -0.2) is 0 Å². The van der Waals surface area contributed by atoms with Crippen LogP contribution >= 0.6 is 0 Å². The lowest BCUT2D eigenvalue weighted by Crippen LogP contribution is -2.28. The Bertz CT molecular complexity index is 357. The first-order chi connectivity index (χ1) is 7.97. The average Bonchev–Trinajstić information content (AvgIpc) is 2.29. The van der Waals surface area contributed by atoms with Crippen molar-refractivity contribution >= 4 is 5.97 Å². The van der Waals surface area contributed by atoms with Gasteiger partial charge in [0, 0.05) is 0 Å². The summed E-state index contributed by atoms with van der Waals surface area (Å²) in [4.78, 5) is 11.1. The van der Waals surface area contributed by atoms with Gasteiger partial charge in [-0.3, -0.25) is 4.79 Å². The van der Waals surface area contributed by atoms with E-state index < -0.39 is 17.5 Å². The van der Waals surface area contributed by atoms with Gasteiger partial charge in [-0.15, -0.1) is 0 Å². The van der Waals surface area contributed by atoms with Crippen molar-refractivity contribution in [2.45, 2.75) is 38.7 Å². The molecule has 0 fully saturated rings. The second kappa shape index (κ2) is 5.82.